The highest BCUT2D eigenvalue weighted by Gasteiger charge is 2.35. The van der Waals surface area contributed by atoms with Crippen molar-refractivity contribution in [3.05, 3.63) is 68.5 Å². The van der Waals surface area contributed by atoms with E-state index >= 15 is 0 Å². The molecule has 3 amide bonds. The Bertz CT molecular complexity index is 1020. The summed E-state index contributed by atoms with van der Waals surface area (Å²) < 4.78 is 23.7. The first-order valence-corrected chi connectivity index (χ1v) is 9.73. The van der Waals surface area contributed by atoms with Crippen LogP contribution in [-0.2, 0) is 20.9 Å². The van der Waals surface area contributed by atoms with Gasteiger partial charge in [0.05, 0.1) is 16.6 Å². The van der Waals surface area contributed by atoms with Gasteiger partial charge in [0.1, 0.15) is 24.7 Å². The number of carbonyl (C=O) groups is 3. The Kier molecular flexibility index (Phi) is 6.73. The summed E-state index contributed by atoms with van der Waals surface area (Å²) in [5, 5.41) is 2.67. The second-order valence-corrected chi connectivity index (χ2v) is 7.45. The van der Waals surface area contributed by atoms with Crippen LogP contribution in [0.1, 0.15) is 11.1 Å². The standard InChI is InChI=1S/C20H15BrClFN2O5/c1-29-17(26)9-25-19(27)16(24-20(25)28)8-12-6-14(21)18(15(22)7-12)30-10-11-2-4-13(23)5-3-11/h2-8H,9-10H2,1H3,(H,24,28)/b16-8+. The Morgan fingerprint density at radius 2 is 1.97 bits per heavy atom. The normalized spacial score (nSPS) is 14.8. The number of ether oxygens (including phenoxy) is 2. The van der Waals surface area contributed by atoms with Crippen molar-refractivity contribution >= 4 is 51.5 Å². The zero-order valence-electron chi connectivity index (χ0n) is 15.6. The Hall–Kier alpha value is -2.91. The minimum absolute atomic E-state index is 0.00755. The zero-order valence-corrected chi connectivity index (χ0v) is 17.9. The Balaban J connectivity index is 1.76. The van der Waals surface area contributed by atoms with Crippen LogP contribution < -0.4 is 10.1 Å². The summed E-state index contributed by atoms with van der Waals surface area (Å²) in [6.45, 7) is -0.310. The fourth-order valence-corrected chi connectivity index (χ4v) is 3.60. The summed E-state index contributed by atoms with van der Waals surface area (Å²) in [7, 11) is 1.16. The molecule has 2 aromatic rings. The molecule has 1 aliphatic rings. The average Bonchev–Trinajstić information content (AvgIpc) is 2.96. The van der Waals surface area contributed by atoms with Crippen LogP contribution in [0, 0.1) is 5.82 Å². The molecule has 7 nitrogen and oxygen atoms in total. The fraction of sp³-hybridized carbons (Fsp3) is 0.150. The van der Waals surface area contributed by atoms with Gasteiger partial charge in [-0.3, -0.25) is 9.59 Å². The van der Waals surface area contributed by atoms with Gasteiger partial charge in [-0.25, -0.2) is 14.1 Å². The molecule has 156 valence electrons. The lowest BCUT2D eigenvalue weighted by Crippen LogP contribution is -2.36. The highest BCUT2D eigenvalue weighted by molar-refractivity contribution is 9.10. The van der Waals surface area contributed by atoms with Crippen LogP contribution >= 0.6 is 27.5 Å². The molecule has 1 fully saturated rings. The van der Waals surface area contributed by atoms with Crippen molar-refractivity contribution in [1.29, 1.82) is 0 Å². The molecule has 1 heterocycles. The quantitative estimate of drug-likeness (QED) is 0.372. The molecule has 0 saturated carbocycles. The van der Waals surface area contributed by atoms with E-state index in [1.807, 2.05) is 0 Å². The minimum atomic E-state index is -0.721. The highest BCUT2D eigenvalue weighted by Crippen LogP contribution is 2.36. The first kappa shape index (κ1) is 21.8. The van der Waals surface area contributed by atoms with Crippen molar-refractivity contribution in [2.75, 3.05) is 13.7 Å². The van der Waals surface area contributed by atoms with E-state index < -0.39 is 24.5 Å². The number of benzene rings is 2. The van der Waals surface area contributed by atoms with Crippen LogP contribution in [-0.4, -0.2) is 36.5 Å². The maximum atomic E-state index is 13.0. The highest BCUT2D eigenvalue weighted by atomic mass is 79.9. The van der Waals surface area contributed by atoms with Gasteiger partial charge in [0, 0.05) is 0 Å². The second kappa shape index (κ2) is 9.27. The van der Waals surface area contributed by atoms with E-state index in [0.717, 1.165) is 17.6 Å². The summed E-state index contributed by atoms with van der Waals surface area (Å²) >= 11 is 9.68. The molecule has 2 aromatic carbocycles. The van der Waals surface area contributed by atoms with Gasteiger partial charge < -0.3 is 14.8 Å². The lowest BCUT2D eigenvalue weighted by Gasteiger charge is -2.11. The number of imide groups is 1. The molecule has 1 N–H and O–H groups in total. The van der Waals surface area contributed by atoms with Gasteiger partial charge in [-0.15, -0.1) is 0 Å². The number of nitrogens with zero attached hydrogens (tertiary/aromatic N) is 1. The summed E-state index contributed by atoms with van der Waals surface area (Å²) in [5.74, 6) is -1.34. The second-order valence-electron chi connectivity index (χ2n) is 6.18. The van der Waals surface area contributed by atoms with E-state index in [1.165, 1.54) is 18.2 Å². The van der Waals surface area contributed by atoms with Crippen molar-refractivity contribution in [2.45, 2.75) is 6.61 Å². The predicted octanol–water partition coefficient (Wildman–Crippen LogP) is 3.89. The first-order chi connectivity index (χ1) is 14.3. The molecule has 0 aliphatic carbocycles. The zero-order chi connectivity index (χ0) is 21.8. The summed E-state index contributed by atoms with van der Waals surface area (Å²) in [4.78, 5) is 36.4. The summed E-state index contributed by atoms with van der Waals surface area (Å²) in [6, 6.07) is 8.36. The largest absolute Gasteiger partial charge is 0.486 e. The Labute approximate surface area is 184 Å². The van der Waals surface area contributed by atoms with Crippen molar-refractivity contribution in [1.82, 2.24) is 10.2 Å². The smallest absolute Gasteiger partial charge is 0.329 e. The lowest BCUT2D eigenvalue weighted by molar-refractivity contribution is -0.143. The van der Waals surface area contributed by atoms with E-state index in [0.29, 0.717) is 15.8 Å². The van der Waals surface area contributed by atoms with Crippen LogP contribution in [0.25, 0.3) is 6.08 Å². The van der Waals surface area contributed by atoms with E-state index in [1.54, 1.807) is 24.3 Å². The van der Waals surface area contributed by atoms with Gasteiger partial charge in [-0.2, -0.15) is 0 Å². The molecular formula is C20H15BrClFN2O5. The molecule has 0 radical (unpaired) electrons. The Morgan fingerprint density at radius 3 is 2.60 bits per heavy atom. The number of hydrogen-bond acceptors (Lipinski definition) is 5. The molecule has 1 saturated heterocycles. The number of carbonyl (C=O) groups excluding carboxylic acids is 3. The third kappa shape index (κ3) is 4.98. The number of halogens is 3. The summed E-state index contributed by atoms with van der Waals surface area (Å²) in [6.07, 6.45) is 1.43. The maximum absolute atomic E-state index is 13.0. The van der Waals surface area contributed by atoms with Crippen LogP contribution in [0.5, 0.6) is 5.75 Å². The van der Waals surface area contributed by atoms with Crippen molar-refractivity contribution in [2.24, 2.45) is 0 Å². The predicted molar refractivity (Wildman–Crippen MR) is 110 cm³/mol. The number of esters is 1. The monoisotopic (exact) mass is 496 g/mol. The lowest BCUT2D eigenvalue weighted by atomic mass is 10.1. The van der Waals surface area contributed by atoms with Crippen LogP contribution in [0.2, 0.25) is 5.02 Å². The van der Waals surface area contributed by atoms with Gasteiger partial charge in [-0.05, 0) is 57.4 Å². The third-order valence-corrected chi connectivity index (χ3v) is 4.98. The van der Waals surface area contributed by atoms with Gasteiger partial charge in [0.15, 0.2) is 5.75 Å². The molecule has 3 rings (SSSR count). The van der Waals surface area contributed by atoms with Crippen molar-refractivity contribution < 1.29 is 28.2 Å². The van der Waals surface area contributed by atoms with Crippen molar-refractivity contribution in [3.8, 4) is 5.75 Å². The first-order valence-electron chi connectivity index (χ1n) is 8.56. The van der Waals surface area contributed by atoms with Crippen LogP contribution in [0.15, 0.2) is 46.6 Å². The fourth-order valence-electron chi connectivity index (χ4n) is 2.61. The van der Waals surface area contributed by atoms with Gasteiger partial charge >= 0.3 is 12.0 Å². The molecule has 0 bridgehead atoms. The summed E-state index contributed by atoms with van der Waals surface area (Å²) in [5.41, 5.74) is 1.27. The molecule has 0 unspecified atom stereocenters. The van der Waals surface area contributed by atoms with Crippen LogP contribution in [0.4, 0.5) is 9.18 Å². The topological polar surface area (TPSA) is 84.9 Å². The van der Waals surface area contributed by atoms with Gasteiger partial charge in [-0.1, -0.05) is 23.7 Å². The molecular weight excluding hydrogens is 483 g/mol. The number of methoxy groups -OCH3 is 1. The van der Waals surface area contributed by atoms with Gasteiger partial charge in [0.2, 0.25) is 0 Å². The molecule has 0 spiro atoms. The number of amides is 3. The molecule has 0 aromatic heterocycles. The maximum Gasteiger partial charge on any atom is 0.329 e. The van der Waals surface area contributed by atoms with E-state index in [4.69, 9.17) is 16.3 Å². The molecule has 10 heteroatoms. The molecule has 0 atom stereocenters. The van der Waals surface area contributed by atoms with E-state index in [9.17, 15) is 18.8 Å². The molecule has 1 aliphatic heterocycles. The van der Waals surface area contributed by atoms with E-state index in [2.05, 4.69) is 26.0 Å². The number of urea groups is 1. The van der Waals surface area contributed by atoms with E-state index in [-0.39, 0.29) is 23.1 Å². The van der Waals surface area contributed by atoms with Crippen LogP contribution in [0.3, 0.4) is 0 Å². The third-order valence-electron chi connectivity index (χ3n) is 4.11. The number of nitrogens with one attached hydrogen (secondary N) is 1. The van der Waals surface area contributed by atoms with Crippen molar-refractivity contribution in [3.63, 3.8) is 0 Å². The number of rotatable bonds is 6. The Morgan fingerprint density at radius 1 is 1.27 bits per heavy atom. The average molecular weight is 498 g/mol. The minimum Gasteiger partial charge on any atom is -0.486 e. The molecule has 30 heavy (non-hydrogen) atoms. The number of hydrogen-bond donors (Lipinski definition) is 1. The SMILES string of the molecule is COC(=O)CN1C(=O)N/C(=C/c2cc(Cl)c(OCc3ccc(F)cc3)c(Br)c2)C1=O. The van der Waals surface area contributed by atoms with Gasteiger partial charge in [0.25, 0.3) is 5.91 Å².